The minimum Gasteiger partial charge on any atom is -0.480 e. The zero-order valence-electron chi connectivity index (χ0n) is 17.6. The van der Waals surface area contributed by atoms with Gasteiger partial charge in [0.1, 0.15) is 5.54 Å². The van der Waals surface area contributed by atoms with E-state index in [1.165, 1.54) is 25.8 Å². The Balaban J connectivity index is 2.23. The third-order valence-corrected chi connectivity index (χ3v) is 5.30. The highest BCUT2D eigenvalue weighted by atomic mass is 16.4. The topological polar surface area (TPSA) is 88.3 Å². The third-order valence-electron chi connectivity index (χ3n) is 5.30. The fourth-order valence-electron chi connectivity index (χ4n) is 3.02. The second kappa shape index (κ2) is 7.31. The highest BCUT2D eigenvalue weighted by Crippen LogP contribution is 2.28. The van der Waals surface area contributed by atoms with E-state index in [0.717, 1.165) is 11.1 Å². The molecule has 0 atom stereocenters. The lowest BCUT2D eigenvalue weighted by molar-refractivity contribution is -0.147. The molecule has 7 heteroatoms. The summed E-state index contributed by atoms with van der Waals surface area (Å²) < 4.78 is 1.77. The summed E-state index contributed by atoms with van der Waals surface area (Å²) in [5.74, 6) is -1.46. The molecule has 0 radical (unpaired) electrons. The molecular formula is C22H26N4O3. The van der Waals surface area contributed by atoms with Crippen LogP contribution in [-0.2, 0) is 4.79 Å². The molecule has 0 aliphatic heterocycles. The highest BCUT2D eigenvalue weighted by Gasteiger charge is 2.36. The number of likely N-dealkylation sites (N-methyl/N-ethyl adjacent to an activating group) is 1. The number of pyridine rings is 1. The van der Waals surface area contributed by atoms with E-state index in [1.807, 2.05) is 45.0 Å². The number of hydrogen-bond acceptors (Lipinski definition) is 4. The number of benzene rings is 1. The molecule has 0 aliphatic rings. The Morgan fingerprint density at radius 2 is 1.79 bits per heavy atom. The Morgan fingerprint density at radius 1 is 1.17 bits per heavy atom. The van der Waals surface area contributed by atoms with E-state index in [1.54, 1.807) is 16.9 Å². The first-order valence-electron chi connectivity index (χ1n) is 9.51. The van der Waals surface area contributed by atoms with Gasteiger partial charge in [0.2, 0.25) is 0 Å². The van der Waals surface area contributed by atoms with Crippen molar-refractivity contribution in [2.45, 2.75) is 46.2 Å². The summed E-state index contributed by atoms with van der Waals surface area (Å²) in [4.78, 5) is 31.0. The van der Waals surface area contributed by atoms with Crippen molar-refractivity contribution in [1.29, 1.82) is 0 Å². The van der Waals surface area contributed by atoms with E-state index in [4.69, 9.17) is 4.98 Å². The van der Waals surface area contributed by atoms with Crippen molar-refractivity contribution in [1.82, 2.24) is 19.7 Å². The zero-order valence-corrected chi connectivity index (χ0v) is 17.6. The van der Waals surface area contributed by atoms with Crippen molar-refractivity contribution in [2.24, 2.45) is 0 Å². The first-order chi connectivity index (χ1) is 13.5. The maximum atomic E-state index is 13.3. The van der Waals surface area contributed by atoms with Crippen molar-refractivity contribution in [2.75, 3.05) is 7.05 Å². The minimum atomic E-state index is -1.36. The van der Waals surface area contributed by atoms with Crippen LogP contribution in [0.25, 0.3) is 22.3 Å². The molecule has 0 bridgehead atoms. The Kier molecular flexibility index (Phi) is 5.17. The average Bonchev–Trinajstić information content (AvgIpc) is 3.10. The number of carbonyl (C=O) groups is 2. The first-order valence-corrected chi connectivity index (χ1v) is 9.51. The summed E-state index contributed by atoms with van der Waals surface area (Å²) in [6, 6.07) is 9.67. The maximum Gasteiger partial charge on any atom is 0.329 e. The number of aryl methyl sites for hydroxylation is 1. The lowest BCUT2D eigenvalue weighted by atomic mass is 10.0. The van der Waals surface area contributed by atoms with Crippen molar-refractivity contribution in [3.63, 3.8) is 0 Å². The van der Waals surface area contributed by atoms with Gasteiger partial charge < -0.3 is 10.0 Å². The van der Waals surface area contributed by atoms with Gasteiger partial charge in [-0.25, -0.2) is 14.5 Å². The number of aromatic nitrogens is 3. The first kappa shape index (κ1) is 20.5. The van der Waals surface area contributed by atoms with Crippen LogP contribution in [0.2, 0.25) is 0 Å². The summed E-state index contributed by atoms with van der Waals surface area (Å²) in [5, 5.41) is 14.5. The van der Waals surface area contributed by atoms with Crippen LogP contribution in [0.5, 0.6) is 0 Å². The summed E-state index contributed by atoms with van der Waals surface area (Å²) in [6.45, 7) is 9.00. The fraction of sp³-hybridized carbons (Fsp3) is 0.364. The van der Waals surface area contributed by atoms with E-state index >= 15 is 0 Å². The van der Waals surface area contributed by atoms with Gasteiger partial charge in [-0.15, -0.1) is 0 Å². The van der Waals surface area contributed by atoms with Gasteiger partial charge in [-0.3, -0.25) is 4.79 Å². The van der Waals surface area contributed by atoms with Gasteiger partial charge in [0.05, 0.1) is 22.8 Å². The molecule has 7 nitrogen and oxygen atoms in total. The number of nitrogens with zero attached hydrogens (tertiary/aromatic N) is 4. The largest absolute Gasteiger partial charge is 0.480 e. The van der Waals surface area contributed by atoms with Crippen LogP contribution >= 0.6 is 0 Å². The molecule has 1 aromatic carbocycles. The van der Waals surface area contributed by atoms with Gasteiger partial charge in [-0.1, -0.05) is 29.8 Å². The number of aliphatic carboxylic acids is 1. The van der Waals surface area contributed by atoms with Gasteiger partial charge >= 0.3 is 5.97 Å². The fourth-order valence-corrected chi connectivity index (χ4v) is 3.02. The van der Waals surface area contributed by atoms with E-state index in [2.05, 4.69) is 5.10 Å². The molecular weight excluding hydrogens is 368 g/mol. The molecule has 29 heavy (non-hydrogen) atoms. The van der Waals surface area contributed by atoms with Crippen LogP contribution in [0, 0.1) is 6.92 Å². The number of fused-ring (bicyclic) bond motifs is 1. The lowest BCUT2D eigenvalue weighted by Crippen LogP contribution is -2.50. The number of carboxylic acid groups (broad SMARTS) is 1. The normalized spacial score (nSPS) is 11.8. The molecule has 0 saturated heterocycles. The molecule has 1 amide bonds. The van der Waals surface area contributed by atoms with Crippen molar-refractivity contribution >= 4 is 22.9 Å². The third kappa shape index (κ3) is 3.60. The molecule has 0 aliphatic carbocycles. The van der Waals surface area contributed by atoms with Crippen LogP contribution in [0.1, 0.15) is 49.7 Å². The number of carbonyl (C=O) groups excluding carboxylic acids is 1. The predicted octanol–water partition coefficient (Wildman–Crippen LogP) is 3.92. The molecule has 2 heterocycles. The smallest absolute Gasteiger partial charge is 0.329 e. The monoisotopic (exact) mass is 394 g/mol. The Hall–Kier alpha value is -3.22. The van der Waals surface area contributed by atoms with Crippen LogP contribution in [-0.4, -0.2) is 49.2 Å². The zero-order chi connectivity index (χ0) is 21.5. The van der Waals surface area contributed by atoms with Gasteiger partial charge in [-0.2, -0.15) is 5.10 Å². The highest BCUT2D eigenvalue weighted by molar-refractivity contribution is 6.07. The summed E-state index contributed by atoms with van der Waals surface area (Å²) in [6.07, 6.45) is 1.62. The van der Waals surface area contributed by atoms with E-state index < -0.39 is 11.5 Å². The summed E-state index contributed by atoms with van der Waals surface area (Å²) >= 11 is 0. The van der Waals surface area contributed by atoms with Crippen LogP contribution in [0.3, 0.4) is 0 Å². The molecule has 3 rings (SSSR count). The summed E-state index contributed by atoms with van der Waals surface area (Å²) in [7, 11) is 1.50. The molecule has 0 saturated carbocycles. The molecule has 3 aromatic rings. The van der Waals surface area contributed by atoms with Gasteiger partial charge in [0, 0.05) is 18.7 Å². The Bertz CT molecular complexity index is 1080. The minimum absolute atomic E-state index is 0.0596. The van der Waals surface area contributed by atoms with E-state index in [-0.39, 0.29) is 11.9 Å². The molecule has 0 fully saturated rings. The van der Waals surface area contributed by atoms with Gasteiger partial charge in [0.25, 0.3) is 5.91 Å². The maximum absolute atomic E-state index is 13.3. The second-order valence-electron chi connectivity index (χ2n) is 8.07. The average molecular weight is 394 g/mol. The Labute approximate surface area is 170 Å². The van der Waals surface area contributed by atoms with E-state index in [0.29, 0.717) is 22.3 Å². The Morgan fingerprint density at radius 3 is 2.34 bits per heavy atom. The number of rotatable bonds is 5. The molecule has 152 valence electrons. The molecule has 0 unspecified atom stereocenters. The van der Waals surface area contributed by atoms with Crippen LogP contribution in [0.15, 0.2) is 36.5 Å². The van der Waals surface area contributed by atoms with Crippen LogP contribution in [0.4, 0.5) is 0 Å². The number of amides is 1. The molecule has 1 N–H and O–H groups in total. The summed E-state index contributed by atoms with van der Waals surface area (Å²) in [5.41, 5.74) is 2.27. The molecule has 2 aromatic heterocycles. The number of hydrogen-bond donors (Lipinski definition) is 1. The number of carboxylic acids is 1. The lowest BCUT2D eigenvalue weighted by Gasteiger charge is -2.31. The van der Waals surface area contributed by atoms with Crippen molar-refractivity contribution < 1.29 is 14.7 Å². The van der Waals surface area contributed by atoms with Gasteiger partial charge in [-0.05, 0) is 40.7 Å². The van der Waals surface area contributed by atoms with Crippen molar-refractivity contribution in [3.05, 3.63) is 47.7 Å². The standard InChI is InChI=1S/C22H26N4O3/c1-13(2)26-19-17(12-23-26)16(20(27)25(6)22(4,5)21(28)29)11-18(24-19)15-9-7-14(3)8-10-15/h7-13H,1-6H3,(H,28,29). The van der Waals surface area contributed by atoms with E-state index in [9.17, 15) is 14.7 Å². The SMILES string of the molecule is Cc1ccc(-c2cc(C(=O)N(C)C(C)(C)C(=O)O)c3cnn(C(C)C)c3n2)cc1. The molecule has 0 spiro atoms. The predicted molar refractivity (Wildman–Crippen MR) is 112 cm³/mol. The van der Waals surface area contributed by atoms with Gasteiger partial charge in [0.15, 0.2) is 5.65 Å². The van der Waals surface area contributed by atoms with Crippen LogP contribution < -0.4 is 0 Å². The van der Waals surface area contributed by atoms with Crippen molar-refractivity contribution in [3.8, 4) is 11.3 Å². The quantitative estimate of drug-likeness (QED) is 0.708. The second-order valence-corrected chi connectivity index (χ2v) is 8.07.